The third-order valence-electron chi connectivity index (χ3n) is 3.10. The second kappa shape index (κ2) is 6.31. The molecule has 0 aromatic heterocycles. The lowest BCUT2D eigenvalue weighted by atomic mass is 10.3. The standard InChI is InChI=1S/C12H17Cl2NO3S/c1-5-8(2)15(3)19(16,17)10-7-6-9(18-4)11(13)12(10)14/h6-8H,5H2,1-4H3/t8-/m0/s1. The van der Waals surface area contributed by atoms with Gasteiger partial charge in [0, 0.05) is 13.1 Å². The fraction of sp³-hybridized carbons (Fsp3) is 0.500. The molecule has 1 rings (SSSR count). The maximum absolute atomic E-state index is 12.4. The van der Waals surface area contributed by atoms with Crippen LogP contribution in [0.4, 0.5) is 0 Å². The van der Waals surface area contributed by atoms with Gasteiger partial charge in [-0.05, 0) is 25.5 Å². The van der Waals surface area contributed by atoms with Crippen molar-refractivity contribution in [3.8, 4) is 5.75 Å². The smallest absolute Gasteiger partial charge is 0.244 e. The zero-order valence-corrected chi connectivity index (χ0v) is 13.6. The van der Waals surface area contributed by atoms with Gasteiger partial charge in [-0.1, -0.05) is 30.1 Å². The number of nitrogens with zero attached hydrogens (tertiary/aromatic N) is 1. The van der Waals surface area contributed by atoms with Gasteiger partial charge in [0.2, 0.25) is 10.0 Å². The van der Waals surface area contributed by atoms with Crippen LogP contribution in [0.1, 0.15) is 20.3 Å². The van der Waals surface area contributed by atoms with Gasteiger partial charge in [-0.15, -0.1) is 0 Å². The van der Waals surface area contributed by atoms with E-state index < -0.39 is 10.0 Å². The SMILES string of the molecule is CC[C@H](C)N(C)S(=O)(=O)c1ccc(OC)c(Cl)c1Cl. The number of ether oxygens (including phenoxy) is 1. The number of methoxy groups -OCH3 is 1. The minimum atomic E-state index is -3.67. The lowest BCUT2D eigenvalue weighted by molar-refractivity contribution is 0.380. The molecule has 0 saturated carbocycles. The monoisotopic (exact) mass is 325 g/mol. The summed E-state index contributed by atoms with van der Waals surface area (Å²) in [6.07, 6.45) is 0.706. The number of hydrogen-bond acceptors (Lipinski definition) is 3. The van der Waals surface area contributed by atoms with Crippen molar-refractivity contribution in [2.45, 2.75) is 31.2 Å². The average molecular weight is 326 g/mol. The van der Waals surface area contributed by atoms with E-state index in [1.54, 1.807) is 0 Å². The highest BCUT2D eigenvalue weighted by molar-refractivity contribution is 7.89. The summed E-state index contributed by atoms with van der Waals surface area (Å²) < 4.78 is 31.2. The van der Waals surface area contributed by atoms with Crippen LogP contribution in [0.3, 0.4) is 0 Å². The van der Waals surface area contributed by atoms with Gasteiger partial charge in [-0.3, -0.25) is 0 Å². The van der Waals surface area contributed by atoms with Crippen LogP contribution in [0.2, 0.25) is 10.0 Å². The van der Waals surface area contributed by atoms with E-state index in [0.717, 1.165) is 0 Å². The summed E-state index contributed by atoms with van der Waals surface area (Å²) in [4.78, 5) is -0.0113. The molecule has 0 aliphatic heterocycles. The molecule has 0 fully saturated rings. The summed E-state index contributed by atoms with van der Waals surface area (Å²) in [5.74, 6) is 0.344. The van der Waals surface area contributed by atoms with Crippen molar-refractivity contribution in [2.24, 2.45) is 0 Å². The first kappa shape index (κ1) is 16.6. The first-order valence-electron chi connectivity index (χ1n) is 5.77. The van der Waals surface area contributed by atoms with Crippen molar-refractivity contribution < 1.29 is 13.2 Å². The largest absolute Gasteiger partial charge is 0.495 e. The Labute approximate surface area is 124 Å². The predicted octanol–water partition coefficient (Wildman–Crippen LogP) is 3.42. The van der Waals surface area contributed by atoms with Gasteiger partial charge in [0.25, 0.3) is 0 Å². The van der Waals surface area contributed by atoms with E-state index in [1.807, 2.05) is 13.8 Å². The van der Waals surface area contributed by atoms with Gasteiger partial charge in [-0.2, -0.15) is 4.31 Å². The zero-order chi connectivity index (χ0) is 14.8. The molecule has 0 N–H and O–H groups in total. The Hall–Kier alpha value is -0.490. The van der Waals surface area contributed by atoms with Crippen molar-refractivity contribution in [1.82, 2.24) is 4.31 Å². The van der Waals surface area contributed by atoms with Crippen LogP contribution in [0.5, 0.6) is 5.75 Å². The first-order valence-corrected chi connectivity index (χ1v) is 7.97. The van der Waals surface area contributed by atoms with Crippen LogP contribution in [-0.2, 0) is 10.0 Å². The second-order valence-electron chi connectivity index (χ2n) is 4.17. The molecule has 7 heteroatoms. The molecule has 0 aliphatic carbocycles. The Morgan fingerprint density at radius 3 is 2.37 bits per heavy atom. The van der Waals surface area contributed by atoms with Crippen LogP contribution in [0.25, 0.3) is 0 Å². The molecular formula is C12H17Cl2NO3S. The van der Waals surface area contributed by atoms with Crippen LogP contribution in [0, 0.1) is 0 Å². The number of hydrogen-bond donors (Lipinski definition) is 0. The van der Waals surface area contributed by atoms with E-state index >= 15 is 0 Å². The molecule has 0 saturated heterocycles. The van der Waals surface area contributed by atoms with Crippen molar-refractivity contribution in [2.75, 3.05) is 14.2 Å². The van der Waals surface area contributed by atoms with Crippen LogP contribution < -0.4 is 4.74 Å². The van der Waals surface area contributed by atoms with Crippen LogP contribution in [-0.4, -0.2) is 32.9 Å². The van der Waals surface area contributed by atoms with Gasteiger partial charge >= 0.3 is 0 Å². The minimum absolute atomic E-state index is 0.0113. The van der Waals surface area contributed by atoms with E-state index in [-0.39, 0.29) is 21.0 Å². The van der Waals surface area contributed by atoms with Gasteiger partial charge in [0.05, 0.1) is 12.1 Å². The molecular weight excluding hydrogens is 309 g/mol. The lowest BCUT2D eigenvalue weighted by Crippen LogP contribution is -2.34. The van der Waals surface area contributed by atoms with Crippen molar-refractivity contribution in [3.05, 3.63) is 22.2 Å². The maximum atomic E-state index is 12.4. The maximum Gasteiger partial charge on any atom is 0.244 e. The Balaban J connectivity index is 3.34. The van der Waals surface area contributed by atoms with E-state index in [0.29, 0.717) is 12.2 Å². The molecule has 1 aromatic carbocycles. The summed E-state index contributed by atoms with van der Waals surface area (Å²) in [6, 6.07) is 2.77. The molecule has 0 radical (unpaired) electrons. The molecule has 19 heavy (non-hydrogen) atoms. The number of benzene rings is 1. The molecule has 0 bridgehead atoms. The zero-order valence-electron chi connectivity index (χ0n) is 11.3. The van der Waals surface area contributed by atoms with Gasteiger partial charge < -0.3 is 4.74 Å². The van der Waals surface area contributed by atoms with Crippen LogP contribution in [0.15, 0.2) is 17.0 Å². The van der Waals surface area contributed by atoms with Crippen molar-refractivity contribution in [1.29, 1.82) is 0 Å². The van der Waals surface area contributed by atoms with E-state index in [9.17, 15) is 8.42 Å². The summed E-state index contributed by atoms with van der Waals surface area (Å²) in [7, 11) is -0.700. The number of halogens is 2. The van der Waals surface area contributed by atoms with E-state index in [2.05, 4.69) is 0 Å². The highest BCUT2D eigenvalue weighted by atomic mass is 35.5. The second-order valence-corrected chi connectivity index (χ2v) is 6.89. The van der Waals surface area contributed by atoms with E-state index in [1.165, 1.54) is 30.6 Å². The highest BCUT2D eigenvalue weighted by Crippen LogP contribution is 2.37. The molecule has 0 aliphatic rings. The molecule has 4 nitrogen and oxygen atoms in total. The number of sulfonamides is 1. The Bertz CT molecular complexity index is 560. The number of rotatable bonds is 5. The molecule has 1 atom stereocenters. The summed E-state index contributed by atoms with van der Waals surface area (Å²) in [5.41, 5.74) is 0. The topological polar surface area (TPSA) is 46.6 Å². The predicted molar refractivity (Wildman–Crippen MR) is 77.7 cm³/mol. The Morgan fingerprint density at radius 2 is 1.89 bits per heavy atom. The lowest BCUT2D eigenvalue weighted by Gasteiger charge is -2.24. The normalized spacial score (nSPS) is 13.6. The van der Waals surface area contributed by atoms with Gasteiger partial charge in [0.1, 0.15) is 15.7 Å². The summed E-state index contributed by atoms with van der Waals surface area (Å²) in [6.45, 7) is 3.75. The van der Waals surface area contributed by atoms with Crippen LogP contribution >= 0.6 is 23.2 Å². The molecule has 0 amide bonds. The third kappa shape index (κ3) is 3.16. The summed E-state index contributed by atoms with van der Waals surface area (Å²) in [5, 5.41) is 0.0824. The quantitative estimate of drug-likeness (QED) is 0.833. The van der Waals surface area contributed by atoms with E-state index in [4.69, 9.17) is 27.9 Å². The van der Waals surface area contributed by atoms with Gasteiger partial charge in [-0.25, -0.2) is 8.42 Å². The van der Waals surface area contributed by atoms with Crippen molar-refractivity contribution in [3.63, 3.8) is 0 Å². The molecule has 1 aromatic rings. The summed E-state index contributed by atoms with van der Waals surface area (Å²) >= 11 is 12.0. The molecule has 0 unspecified atom stereocenters. The first-order chi connectivity index (χ1) is 8.77. The highest BCUT2D eigenvalue weighted by Gasteiger charge is 2.28. The average Bonchev–Trinajstić information content (AvgIpc) is 2.39. The molecule has 108 valence electrons. The molecule has 0 heterocycles. The Kier molecular flexibility index (Phi) is 5.50. The fourth-order valence-electron chi connectivity index (χ4n) is 1.52. The Morgan fingerprint density at radius 1 is 1.32 bits per heavy atom. The van der Waals surface area contributed by atoms with Gasteiger partial charge in [0.15, 0.2) is 0 Å². The molecule has 0 spiro atoms. The fourth-order valence-corrected chi connectivity index (χ4v) is 3.77. The van der Waals surface area contributed by atoms with Crippen molar-refractivity contribution >= 4 is 33.2 Å². The third-order valence-corrected chi connectivity index (χ3v) is 6.09. The minimum Gasteiger partial charge on any atom is -0.495 e.